The van der Waals surface area contributed by atoms with E-state index in [9.17, 15) is 17.6 Å². The number of amides is 1. The van der Waals surface area contributed by atoms with Gasteiger partial charge in [-0.05, 0) is 37.5 Å². The molecule has 6 nitrogen and oxygen atoms in total. The summed E-state index contributed by atoms with van der Waals surface area (Å²) >= 11 is 0. The third kappa shape index (κ3) is 5.76. The monoisotopic (exact) mass is 372 g/mol. The van der Waals surface area contributed by atoms with Crippen LogP contribution in [0.25, 0.3) is 0 Å². The van der Waals surface area contributed by atoms with Crippen LogP contribution >= 0.6 is 0 Å². The standard InChI is InChI=1S/C17H25FN2O4S/c1-13(11-24-2)19-17(21)15-7-9-20(10-8-15)25(22,23)12-14-3-5-16(18)6-4-14/h3-6,13,15H,7-12H2,1-2H3,(H,19,21). The maximum absolute atomic E-state index is 12.9. The summed E-state index contributed by atoms with van der Waals surface area (Å²) in [5.41, 5.74) is 0.551. The molecular weight excluding hydrogens is 347 g/mol. The van der Waals surface area contributed by atoms with Gasteiger partial charge in [0.15, 0.2) is 0 Å². The highest BCUT2D eigenvalue weighted by Crippen LogP contribution is 2.22. The van der Waals surface area contributed by atoms with Crippen LogP contribution in [0.1, 0.15) is 25.3 Å². The lowest BCUT2D eigenvalue weighted by molar-refractivity contribution is -0.127. The number of piperidine rings is 1. The van der Waals surface area contributed by atoms with Crippen LogP contribution in [0.2, 0.25) is 0 Å². The fourth-order valence-electron chi connectivity index (χ4n) is 2.93. The van der Waals surface area contributed by atoms with Crippen LogP contribution in [0, 0.1) is 11.7 Å². The number of nitrogens with one attached hydrogen (secondary N) is 1. The molecule has 1 saturated heterocycles. The fourth-order valence-corrected chi connectivity index (χ4v) is 4.49. The van der Waals surface area contributed by atoms with Gasteiger partial charge in [0.25, 0.3) is 0 Å². The molecule has 0 radical (unpaired) electrons. The molecule has 0 aromatic heterocycles. The molecule has 1 amide bonds. The number of methoxy groups -OCH3 is 1. The topological polar surface area (TPSA) is 75.7 Å². The Kier molecular flexibility index (Phi) is 6.92. The van der Waals surface area contributed by atoms with Crippen molar-refractivity contribution in [1.29, 1.82) is 0 Å². The van der Waals surface area contributed by atoms with E-state index in [1.165, 1.54) is 28.6 Å². The lowest BCUT2D eigenvalue weighted by Crippen LogP contribution is -2.45. The van der Waals surface area contributed by atoms with Crippen LogP contribution in [0.4, 0.5) is 4.39 Å². The highest BCUT2D eigenvalue weighted by atomic mass is 32.2. The Balaban J connectivity index is 1.88. The molecule has 1 unspecified atom stereocenters. The zero-order valence-corrected chi connectivity index (χ0v) is 15.4. The summed E-state index contributed by atoms with van der Waals surface area (Å²) in [5, 5.41) is 2.88. The minimum Gasteiger partial charge on any atom is -0.383 e. The molecule has 1 N–H and O–H groups in total. The Morgan fingerprint density at radius 3 is 2.48 bits per heavy atom. The van der Waals surface area contributed by atoms with Crippen LogP contribution in [-0.2, 0) is 25.3 Å². The summed E-state index contributed by atoms with van der Waals surface area (Å²) < 4.78 is 44.3. The van der Waals surface area contributed by atoms with E-state index >= 15 is 0 Å². The number of benzene rings is 1. The Morgan fingerprint density at radius 1 is 1.32 bits per heavy atom. The first-order chi connectivity index (χ1) is 11.8. The molecule has 1 fully saturated rings. The van der Waals surface area contributed by atoms with Crippen molar-refractivity contribution in [3.8, 4) is 0 Å². The fraction of sp³-hybridized carbons (Fsp3) is 0.588. The summed E-state index contributed by atoms with van der Waals surface area (Å²) in [5.74, 6) is -0.790. The normalized spacial score (nSPS) is 18.0. The van der Waals surface area contributed by atoms with Crippen molar-refractivity contribution in [2.45, 2.75) is 31.6 Å². The second-order valence-corrected chi connectivity index (χ2v) is 8.39. The van der Waals surface area contributed by atoms with E-state index in [0.717, 1.165) is 0 Å². The smallest absolute Gasteiger partial charge is 0.223 e. The Bertz CT molecular complexity index is 670. The van der Waals surface area contributed by atoms with Gasteiger partial charge in [0.05, 0.1) is 12.4 Å². The summed E-state index contributed by atoms with van der Waals surface area (Å²) in [6.07, 6.45) is 0.988. The number of rotatable bonds is 7. The summed E-state index contributed by atoms with van der Waals surface area (Å²) in [6.45, 7) is 2.95. The van der Waals surface area contributed by atoms with E-state index in [-0.39, 0.29) is 23.6 Å². The van der Waals surface area contributed by atoms with E-state index in [1.807, 2.05) is 6.92 Å². The van der Waals surface area contributed by atoms with Gasteiger partial charge in [-0.15, -0.1) is 0 Å². The number of nitrogens with zero attached hydrogens (tertiary/aromatic N) is 1. The Hall–Kier alpha value is -1.51. The average Bonchev–Trinajstić information content (AvgIpc) is 2.57. The SMILES string of the molecule is COCC(C)NC(=O)C1CCN(S(=O)(=O)Cc2ccc(F)cc2)CC1. The number of sulfonamides is 1. The molecule has 1 atom stereocenters. The van der Waals surface area contributed by atoms with Crippen molar-refractivity contribution in [2.24, 2.45) is 5.92 Å². The summed E-state index contributed by atoms with van der Waals surface area (Å²) in [4.78, 5) is 12.2. The van der Waals surface area contributed by atoms with Crippen LogP contribution in [0.15, 0.2) is 24.3 Å². The highest BCUT2D eigenvalue weighted by molar-refractivity contribution is 7.88. The Morgan fingerprint density at radius 2 is 1.92 bits per heavy atom. The zero-order valence-electron chi connectivity index (χ0n) is 14.6. The van der Waals surface area contributed by atoms with E-state index in [1.54, 1.807) is 7.11 Å². The molecule has 0 bridgehead atoms. The molecule has 25 heavy (non-hydrogen) atoms. The van der Waals surface area contributed by atoms with E-state index < -0.39 is 15.8 Å². The van der Waals surface area contributed by atoms with E-state index in [4.69, 9.17) is 4.74 Å². The quantitative estimate of drug-likeness (QED) is 0.787. The Labute approximate surface area is 148 Å². The van der Waals surface area contributed by atoms with Crippen molar-refractivity contribution in [3.05, 3.63) is 35.6 Å². The molecule has 0 spiro atoms. The first kappa shape index (κ1) is 19.8. The van der Waals surface area contributed by atoms with Crippen molar-refractivity contribution >= 4 is 15.9 Å². The van der Waals surface area contributed by atoms with Crippen molar-refractivity contribution in [1.82, 2.24) is 9.62 Å². The molecule has 0 aliphatic carbocycles. The maximum Gasteiger partial charge on any atom is 0.223 e. The minimum atomic E-state index is -3.47. The highest BCUT2D eigenvalue weighted by Gasteiger charge is 2.31. The average molecular weight is 372 g/mol. The molecule has 1 aliphatic heterocycles. The number of halogens is 1. The van der Waals surface area contributed by atoms with Gasteiger partial charge in [-0.2, -0.15) is 0 Å². The van der Waals surface area contributed by atoms with Gasteiger partial charge in [0, 0.05) is 32.2 Å². The molecule has 1 aliphatic rings. The largest absolute Gasteiger partial charge is 0.383 e. The van der Waals surface area contributed by atoms with Gasteiger partial charge in [-0.25, -0.2) is 17.1 Å². The molecule has 1 heterocycles. The van der Waals surface area contributed by atoms with Gasteiger partial charge in [0.2, 0.25) is 15.9 Å². The van der Waals surface area contributed by atoms with Gasteiger partial charge in [-0.3, -0.25) is 4.79 Å². The minimum absolute atomic E-state index is 0.0554. The summed E-state index contributed by atoms with van der Waals surface area (Å²) in [7, 11) is -1.89. The van der Waals surface area contributed by atoms with Gasteiger partial charge in [-0.1, -0.05) is 12.1 Å². The van der Waals surface area contributed by atoms with Crippen LogP contribution in [0.3, 0.4) is 0 Å². The molecule has 140 valence electrons. The van der Waals surface area contributed by atoms with Crippen LogP contribution in [0.5, 0.6) is 0 Å². The van der Waals surface area contributed by atoms with E-state index in [2.05, 4.69) is 5.32 Å². The summed E-state index contributed by atoms with van der Waals surface area (Å²) in [6, 6.07) is 5.39. The van der Waals surface area contributed by atoms with Crippen LogP contribution in [-0.4, -0.2) is 51.5 Å². The lowest BCUT2D eigenvalue weighted by Gasteiger charge is -2.31. The number of ether oxygens (including phenoxy) is 1. The second kappa shape index (κ2) is 8.73. The number of hydrogen-bond donors (Lipinski definition) is 1. The van der Waals surface area contributed by atoms with Crippen molar-refractivity contribution in [3.63, 3.8) is 0 Å². The maximum atomic E-state index is 12.9. The molecular formula is C17H25FN2O4S. The van der Waals surface area contributed by atoms with Gasteiger partial charge >= 0.3 is 0 Å². The third-order valence-corrected chi connectivity index (χ3v) is 6.14. The first-order valence-electron chi connectivity index (χ1n) is 8.33. The van der Waals surface area contributed by atoms with E-state index in [0.29, 0.717) is 38.1 Å². The first-order valence-corrected chi connectivity index (χ1v) is 9.94. The van der Waals surface area contributed by atoms with Crippen molar-refractivity contribution in [2.75, 3.05) is 26.8 Å². The molecule has 8 heteroatoms. The number of carbonyl (C=O) groups excluding carboxylic acids is 1. The zero-order chi connectivity index (χ0) is 18.4. The molecule has 2 rings (SSSR count). The number of hydrogen-bond acceptors (Lipinski definition) is 4. The molecule has 1 aromatic carbocycles. The third-order valence-electron chi connectivity index (χ3n) is 4.29. The lowest BCUT2D eigenvalue weighted by atomic mass is 9.97. The molecule has 0 saturated carbocycles. The predicted molar refractivity (Wildman–Crippen MR) is 92.8 cm³/mol. The second-order valence-electron chi connectivity index (χ2n) is 6.42. The number of carbonyl (C=O) groups is 1. The van der Waals surface area contributed by atoms with Crippen LogP contribution < -0.4 is 5.32 Å². The molecule has 1 aromatic rings. The predicted octanol–water partition coefficient (Wildman–Crippen LogP) is 1.52. The van der Waals surface area contributed by atoms with Crippen molar-refractivity contribution < 1.29 is 22.3 Å². The van der Waals surface area contributed by atoms with Gasteiger partial charge in [0.1, 0.15) is 5.82 Å². The van der Waals surface area contributed by atoms with Gasteiger partial charge < -0.3 is 10.1 Å².